The maximum atomic E-state index is 12.2. The minimum absolute atomic E-state index is 0.0114. The van der Waals surface area contributed by atoms with E-state index in [1.54, 1.807) is 31.2 Å². The first kappa shape index (κ1) is 14.3. The van der Waals surface area contributed by atoms with Crippen LogP contribution >= 0.6 is 0 Å². The van der Waals surface area contributed by atoms with Gasteiger partial charge in [0, 0.05) is 0 Å². The summed E-state index contributed by atoms with van der Waals surface area (Å²) in [7, 11) is 0. The topological polar surface area (TPSA) is 91.7 Å². The van der Waals surface area contributed by atoms with Crippen molar-refractivity contribution in [1.29, 1.82) is 10.5 Å². The molecular weight excluding hydrogens is 268 g/mol. The highest BCUT2D eigenvalue weighted by Crippen LogP contribution is 2.23. The Morgan fingerprint density at radius 2 is 2.05 bits per heavy atom. The lowest BCUT2D eigenvalue weighted by Crippen LogP contribution is -2.23. The van der Waals surface area contributed by atoms with Crippen molar-refractivity contribution < 1.29 is 9.53 Å². The van der Waals surface area contributed by atoms with E-state index in [4.69, 9.17) is 10.00 Å². The van der Waals surface area contributed by atoms with Gasteiger partial charge in [0.15, 0.2) is 17.4 Å². The summed E-state index contributed by atoms with van der Waals surface area (Å²) in [5.41, 5.74) is 0.691. The molecular formula is C15H12N4O2. The molecule has 0 fully saturated rings. The molecule has 1 aromatic carbocycles. The number of nitriles is 2. The molecule has 1 heterocycles. The number of aromatic nitrogens is 2. The summed E-state index contributed by atoms with van der Waals surface area (Å²) >= 11 is 0. The Labute approximate surface area is 121 Å². The van der Waals surface area contributed by atoms with Crippen LogP contribution in [0.2, 0.25) is 0 Å². The Bertz CT molecular complexity index is 722. The van der Waals surface area contributed by atoms with Crippen LogP contribution < -0.4 is 0 Å². The van der Waals surface area contributed by atoms with Gasteiger partial charge in [-0.05, 0) is 12.5 Å². The lowest BCUT2D eigenvalue weighted by atomic mass is 10.1. The summed E-state index contributed by atoms with van der Waals surface area (Å²) in [5, 5.41) is 18.2. The predicted octanol–water partition coefficient (Wildman–Crippen LogP) is 1.78. The van der Waals surface area contributed by atoms with Crippen LogP contribution in [0.25, 0.3) is 0 Å². The van der Waals surface area contributed by atoms with Crippen LogP contribution in [0.15, 0.2) is 36.7 Å². The predicted molar refractivity (Wildman–Crippen MR) is 72.9 cm³/mol. The highest BCUT2D eigenvalue weighted by molar-refractivity contribution is 5.78. The van der Waals surface area contributed by atoms with Crippen LogP contribution in [0.4, 0.5) is 0 Å². The van der Waals surface area contributed by atoms with E-state index in [2.05, 4.69) is 4.98 Å². The quantitative estimate of drug-likeness (QED) is 0.796. The number of benzene rings is 1. The highest BCUT2D eigenvalue weighted by Gasteiger charge is 2.27. The van der Waals surface area contributed by atoms with Gasteiger partial charge in [-0.2, -0.15) is 10.5 Å². The average Bonchev–Trinajstić information content (AvgIpc) is 2.91. The number of carbonyl (C=O) groups is 1. The number of ether oxygens (including phenoxy) is 1. The third kappa shape index (κ3) is 2.75. The maximum Gasteiger partial charge on any atom is 0.333 e. The van der Waals surface area contributed by atoms with E-state index in [1.165, 1.54) is 10.9 Å². The van der Waals surface area contributed by atoms with Crippen LogP contribution in [0.3, 0.4) is 0 Å². The summed E-state index contributed by atoms with van der Waals surface area (Å²) in [5.74, 6) is -0.498. The fraction of sp³-hybridized carbons (Fsp3) is 0.200. The standard InChI is InChI=1S/C15H12N4O2/c1-2-21-15(20)14(11-6-4-3-5-7-11)19-10-18-12(8-16)13(19)9-17/h3-7,10,14H,2H2,1H3. The third-order valence-corrected chi connectivity index (χ3v) is 2.91. The van der Waals surface area contributed by atoms with Gasteiger partial charge in [-0.1, -0.05) is 30.3 Å². The largest absolute Gasteiger partial charge is 0.464 e. The minimum Gasteiger partial charge on any atom is -0.464 e. The second-order valence-electron chi connectivity index (χ2n) is 4.14. The molecule has 0 aliphatic rings. The smallest absolute Gasteiger partial charge is 0.333 e. The fourth-order valence-electron chi connectivity index (χ4n) is 2.02. The number of hydrogen-bond acceptors (Lipinski definition) is 5. The van der Waals surface area contributed by atoms with Crippen molar-refractivity contribution in [2.45, 2.75) is 13.0 Å². The molecule has 0 spiro atoms. The Morgan fingerprint density at radius 1 is 1.33 bits per heavy atom. The van der Waals surface area contributed by atoms with Gasteiger partial charge < -0.3 is 9.30 Å². The molecule has 6 nitrogen and oxygen atoms in total. The number of rotatable bonds is 4. The molecule has 1 unspecified atom stereocenters. The van der Waals surface area contributed by atoms with E-state index in [0.29, 0.717) is 5.56 Å². The first-order valence-electron chi connectivity index (χ1n) is 6.31. The van der Waals surface area contributed by atoms with Gasteiger partial charge in [0.05, 0.1) is 12.9 Å². The van der Waals surface area contributed by atoms with E-state index in [0.717, 1.165) is 0 Å². The molecule has 0 saturated heterocycles. The normalized spacial score (nSPS) is 11.2. The lowest BCUT2D eigenvalue weighted by molar-refractivity contribution is -0.145. The van der Waals surface area contributed by atoms with Crippen LogP contribution in [0.5, 0.6) is 0 Å². The Balaban J connectivity index is 2.57. The van der Waals surface area contributed by atoms with Crippen LogP contribution in [-0.2, 0) is 9.53 Å². The van der Waals surface area contributed by atoms with Crippen molar-refractivity contribution in [3.8, 4) is 12.1 Å². The van der Waals surface area contributed by atoms with Crippen LogP contribution in [0, 0.1) is 22.7 Å². The zero-order chi connectivity index (χ0) is 15.2. The van der Waals surface area contributed by atoms with Crippen LogP contribution in [-0.4, -0.2) is 22.1 Å². The second-order valence-corrected chi connectivity index (χ2v) is 4.14. The van der Waals surface area contributed by atoms with Crippen molar-refractivity contribution in [2.75, 3.05) is 6.61 Å². The number of imidazole rings is 1. The van der Waals surface area contributed by atoms with E-state index < -0.39 is 12.0 Å². The molecule has 0 aliphatic carbocycles. The SMILES string of the molecule is CCOC(=O)C(c1ccccc1)n1cnc(C#N)c1C#N. The summed E-state index contributed by atoms with van der Waals surface area (Å²) in [6, 6.07) is 11.8. The van der Waals surface area contributed by atoms with Gasteiger partial charge in [0.25, 0.3) is 0 Å². The van der Waals surface area contributed by atoms with E-state index >= 15 is 0 Å². The zero-order valence-electron chi connectivity index (χ0n) is 11.4. The second kappa shape index (κ2) is 6.36. The van der Waals surface area contributed by atoms with Crippen molar-refractivity contribution >= 4 is 5.97 Å². The highest BCUT2D eigenvalue weighted by atomic mass is 16.5. The molecule has 1 atom stereocenters. The molecule has 2 rings (SSSR count). The number of nitrogens with zero attached hydrogens (tertiary/aromatic N) is 4. The number of hydrogen-bond donors (Lipinski definition) is 0. The average molecular weight is 280 g/mol. The minimum atomic E-state index is -0.838. The summed E-state index contributed by atoms with van der Waals surface area (Å²) in [6.45, 7) is 1.93. The molecule has 0 bridgehead atoms. The first-order valence-corrected chi connectivity index (χ1v) is 6.31. The van der Waals surface area contributed by atoms with Gasteiger partial charge in [-0.15, -0.1) is 0 Å². The third-order valence-electron chi connectivity index (χ3n) is 2.91. The van der Waals surface area contributed by atoms with Crippen molar-refractivity contribution in [3.05, 3.63) is 53.6 Å². The molecule has 0 N–H and O–H groups in total. The number of carbonyl (C=O) groups excluding carboxylic acids is 1. The van der Waals surface area contributed by atoms with Crippen molar-refractivity contribution in [1.82, 2.24) is 9.55 Å². The summed E-state index contributed by atoms with van der Waals surface area (Å²) in [4.78, 5) is 16.1. The molecule has 6 heteroatoms. The van der Waals surface area contributed by atoms with E-state index in [1.807, 2.05) is 18.2 Å². The first-order chi connectivity index (χ1) is 10.2. The van der Waals surface area contributed by atoms with Crippen molar-refractivity contribution in [2.24, 2.45) is 0 Å². The maximum absolute atomic E-state index is 12.2. The Hall–Kier alpha value is -3.12. The van der Waals surface area contributed by atoms with Gasteiger partial charge in [0.1, 0.15) is 12.1 Å². The molecule has 0 radical (unpaired) electrons. The lowest BCUT2D eigenvalue weighted by Gasteiger charge is -2.18. The zero-order valence-corrected chi connectivity index (χ0v) is 11.4. The van der Waals surface area contributed by atoms with Gasteiger partial charge in [-0.25, -0.2) is 9.78 Å². The molecule has 21 heavy (non-hydrogen) atoms. The molecule has 2 aromatic rings. The molecule has 0 saturated carbocycles. The molecule has 0 aliphatic heterocycles. The van der Waals surface area contributed by atoms with Gasteiger partial charge in [0.2, 0.25) is 0 Å². The molecule has 1 aromatic heterocycles. The van der Waals surface area contributed by atoms with E-state index in [-0.39, 0.29) is 18.0 Å². The summed E-state index contributed by atoms with van der Waals surface area (Å²) < 4.78 is 6.44. The van der Waals surface area contributed by atoms with Crippen LogP contribution in [0.1, 0.15) is 29.9 Å². The van der Waals surface area contributed by atoms with Gasteiger partial charge in [-0.3, -0.25) is 0 Å². The molecule has 0 amide bonds. The fourth-order valence-corrected chi connectivity index (χ4v) is 2.02. The number of esters is 1. The summed E-state index contributed by atoms with van der Waals surface area (Å²) in [6.07, 6.45) is 1.31. The van der Waals surface area contributed by atoms with Crippen molar-refractivity contribution in [3.63, 3.8) is 0 Å². The Morgan fingerprint density at radius 3 is 2.62 bits per heavy atom. The molecule has 104 valence electrons. The Kier molecular flexibility index (Phi) is 4.33. The monoisotopic (exact) mass is 280 g/mol. The van der Waals surface area contributed by atoms with E-state index in [9.17, 15) is 10.1 Å². The van der Waals surface area contributed by atoms with Gasteiger partial charge >= 0.3 is 5.97 Å².